The molecule has 0 radical (unpaired) electrons. The van der Waals surface area contributed by atoms with Crippen molar-refractivity contribution in [2.24, 2.45) is 0 Å². The van der Waals surface area contributed by atoms with Crippen LogP contribution in [0.25, 0.3) is 21.9 Å². The maximum Gasteiger partial charge on any atom is 0.0296 e. The Morgan fingerprint density at radius 1 is 0.556 bits per heavy atom. The van der Waals surface area contributed by atoms with E-state index in [0.29, 0.717) is 0 Å². The fraction of sp³-hybridized carbons (Fsp3) is 0.200. The van der Waals surface area contributed by atoms with Gasteiger partial charge in [-0.3, -0.25) is 0 Å². The lowest BCUT2D eigenvalue weighted by atomic mass is 9.60. The molecule has 1 aliphatic carbocycles. The van der Waals surface area contributed by atoms with Gasteiger partial charge in [-0.1, -0.05) is 108 Å². The Kier molecular flexibility index (Phi) is 4.91. The molecule has 1 nitrogen and oxygen atoms in total. The Labute approximate surface area is 213 Å². The maximum absolute atomic E-state index is 3.60. The van der Waals surface area contributed by atoms with Gasteiger partial charge >= 0.3 is 0 Å². The molecule has 0 atom stereocenters. The van der Waals surface area contributed by atoms with Crippen LogP contribution in [0.2, 0.25) is 0 Å². The van der Waals surface area contributed by atoms with Crippen LogP contribution in [0.3, 0.4) is 0 Å². The molecular weight excluding hydrogens is 434 g/mol. The minimum Gasteiger partial charge on any atom is -0.309 e. The summed E-state index contributed by atoms with van der Waals surface area (Å²) in [5.74, 6) is 0. The quantitative estimate of drug-likeness (QED) is 0.246. The van der Waals surface area contributed by atoms with Gasteiger partial charge in [0.15, 0.2) is 0 Å². The van der Waals surface area contributed by atoms with Crippen molar-refractivity contribution in [2.45, 2.75) is 45.2 Å². The second-order valence-electron chi connectivity index (χ2n) is 10.9. The average Bonchev–Trinajstić information content (AvgIpc) is 2.89. The van der Waals surface area contributed by atoms with Crippen molar-refractivity contribution in [3.8, 4) is 11.1 Å². The molecule has 0 amide bonds. The van der Waals surface area contributed by atoms with Gasteiger partial charge in [-0.25, -0.2) is 0 Å². The molecule has 0 saturated carbocycles. The third-order valence-corrected chi connectivity index (χ3v) is 8.33. The summed E-state index contributed by atoms with van der Waals surface area (Å²) in [6.45, 7) is 6.27. The second-order valence-corrected chi connectivity index (χ2v) is 10.9. The molecule has 4 bridgehead atoms. The zero-order valence-corrected chi connectivity index (χ0v) is 21.1. The van der Waals surface area contributed by atoms with Gasteiger partial charge < -0.3 is 5.32 Å². The Bertz CT molecular complexity index is 1560. The predicted molar refractivity (Wildman–Crippen MR) is 150 cm³/mol. The van der Waals surface area contributed by atoms with E-state index in [1.165, 1.54) is 66.4 Å². The molecule has 0 fully saturated rings. The molecule has 36 heavy (non-hydrogen) atoms. The molecule has 0 unspecified atom stereocenters. The highest BCUT2D eigenvalue weighted by Gasteiger charge is 2.41. The summed E-state index contributed by atoms with van der Waals surface area (Å²) in [6.07, 6.45) is 1.96. The molecule has 1 N–H and O–H groups in total. The summed E-state index contributed by atoms with van der Waals surface area (Å²) in [6, 6.07) is 37.5. The van der Waals surface area contributed by atoms with E-state index in [9.17, 15) is 0 Å². The third kappa shape index (κ3) is 3.42. The first-order valence-electron chi connectivity index (χ1n) is 13.1. The Balaban J connectivity index is 1.58. The summed E-state index contributed by atoms with van der Waals surface area (Å²) < 4.78 is 0. The van der Waals surface area contributed by atoms with Crippen molar-refractivity contribution < 1.29 is 0 Å². The fourth-order valence-electron chi connectivity index (χ4n) is 6.66. The molecule has 10 rings (SSSR count). The summed E-state index contributed by atoms with van der Waals surface area (Å²) in [5, 5.41) is 6.38. The number of hydrogen-bond donors (Lipinski definition) is 1. The SMILES string of the molecule is Cc1ccc2c(c1)C1(Cc3ccc(cc3)CNCc3ccc(cc3)C1)c1cc(C)cc3cccc-2c13. The lowest BCUT2D eigenvalue weighted by Gasteiger charge is -2.42. The summed E-state index contributed by atoms with van der Waals surface area (Å²) in [7, 11) is 0. The van der Waals surface area contributed by atoms with Crippen LogP contribution in [0.1, 0.15) is 44.5 Å². The normalized spacial score (nSPS) is 15.7. The highest BCUT2D eigenvalue weighted by Crippen LogP contribution is 2.52. The second kappa shape index (κ2) is 8.18. The van der Waals surface area contributed by atoms with Gasteiger partial charge in [0.1, 0.15) is 0 Å². The van der Waals surface area contributed by atoms with Crippen molar-refractivity contribution >= 4 is 10.8 Å². The van der Waals surface area contributed by atoms with Crippen LogP contribution in [-0.2, 0) is 31.3 Å². The molecule has 4 heterocycles. The first kappa shape index (κ1) is 21.6. The van der Waals surface area contributed by atoms with Gasteiger partial charge in [-0.2, -0.15) is 0 Å². The van der Waals surface area contributed by atoms with Gasteiger partial charge in [0.25, 0.3) is 0 Å². The molecule has 5 aromatic rings. The first-order valence-corrected chi connectivity index (χ1v) is 13.1. The summed E-state index contributed by atoms with van der Waals surface area (Å²) >= 11 is 0. The lowest BCUT2D eigenvalue weighted by Crippen LogP contribution is -2.36. The van der Waals surface area contributed by atoms with Crippen LogP contribution >= 0.6 is 0 Å². The Hall–Kier alpha value is -3.68. The van der Waals surface area contributed by atoms with Crippen molar-refractivity contribution in [3.63, 3.8) is 0 Å². The number of rotatable bonds is 0. The molecule has 4 aliphatic heterocycles. The minimum atomic E-state index is -0.147. The third-order valence-electron chi connectivity index (χ3n) is 8.33. The minimum absolute atomic E-state index is 0.147. The smallest absolute Gasteiger partial charge is 0.0296 e. The van der Waals surface area contributed by atoms with Crippen LogP contribution in [0.5, 0.6) is 0 Å². The number of nitrogens with one attached hydrogen (secondary N) is 1. The largest absolute Gasteiger partial charge is 0.309 e. The van der Waals surface area contributed by atoms with Crippen molar-refractivity contribution in [3.05, 3.63) is 142 Å². The van der Waals surface area contributed by atoms with Crippen LogP contribution in [0.4, 0.5) is 0 Å². The molecule has 1 heteroatoms. The van der Waals surface area contributed by atoms with E-state index < -0.39 is 0 Å². The van der Waals surface area contributed by atoms with Crippen LogP contribution in [0.15, 0.2) is 97.1 Å². The maximum atomic E-state index is 3.60. The van der Waals surface area contributed by atoms with E-state index >= 15 is 0 Å². The molecule has 1 spiro atoms. The number of hydrogen-bond acceptors (Lipinski definition) is 1. The highest BCUT2D eigenvalue weighted by molar-refractivity contribution is 6.03. The Morgan fingerprint density at radius 2 is 1.17 bits per heavy atom. The fourth-order valence-corrected chi connectivity index (χ4v) is 6.66. The van der Waals surface area contributed by atoms with E-state index in [1.807, 2.05) is 0 Å². The topological polar surface area (TPSA) is 12.0 Å². The molecule has 5 aliphatic rings. The van der Waals surface area contributed by atoms with Crippen LogP contribution in [0, 0.1) is 13.8 Å². The van der Waals surface area contributed by atoms with E-state index in [-0.39, 0.29) is 5.41 Å². The van der Waals surface area contributed by atoms with Crippen molar-refractivity contribution in [1.29, 1.82) is 0 Å². The number of benzene rings is 5. The molecular formula is C35H31N. The van der Waals surface area contributed by atoms with Gasteiger partial charge in [-0.15, -0.1) is 0 Å². The molecule has 5 aromatic carbocycles. The van der Waals surface area contributed by atoms with Gasteiger partial charge in [0, 0.05) is 18.5 Å². The lowest BCUT2D eigenvalue weighted by molar-refractivity contribution is 0.509. The van der Waals surface area contributed by atoms with E-state index in [2.05, 4.69) is 116 Å². The standard InChI is InChI=1S/C35H31N/c1-23-6-15-30-31-5-3-4-29-16-24(2)18-33(34(29)31)35(32(30)17-23)19-25-7-11-27(12-8-25)21-36-22-28-13-9-26(20-35)10-14-28/h3-18,36H,19-22H2,1-2H3. The predicted octanol–water partition coefficient (Wildman–Crippen LogP) is 7.81. The zero-order valence-electron chi connectivity index (χ0n) is 21.1. The van der Waals surface area contributed by atoms with Crippen LogP contribution < -0.4 is 5.32 Å². The monoisotopic (exact) mass is 465 g/mol. The molecule has 176 valence electrons. The van der Waals surface area contributed by atoms with Crippen molar-refractivity contribution in [1.82, 2.24) is 5.32 Å². The van der Waals surface area contributed by atoms with Crippen molar-refractivity contribution in [2.75, 3.05) is 0 Å². The zero-order chi connectivity index (χ0) is 24.3. The van der Waals surface area contributed by atoms with Gasteiger partial charge in [-0.05, 0) is 82.0 Å². The summed E-state index contributed by atoms with van der Waals surface area (Å²) in [4.78, 5) is 0. The van der Waals surface area contributed by atoms with E-state index in [0.717, 1.165) is 25.9 Å². The van der Waals surface area contributed by atoms with E-state index in [4.69, 9.17) is 0 Å². The first-order chi connectivity index (χ1) is 17.6. The molecule has 0 aromatic heterocycles. The number of fused-ring (bicyclic) bond motifs is 2. The Morgan fingerprint density at radius 3 is 1.83 bits per heavy atom. The van der Waals surface area contributed by atoms with Crippen LogP contribution in [-0.4, -0.2) is 0 Å². The van der Waals surface area contributed by atoms with Gasteiger partial charge in [0.2, 0.25) is 0 Å². The van der Waals surface area contributed by atoms with Gasteiger partial charge in [0.05, 0.1) is 0 Å². The summed E-state index contributed by atoms with van der Waals surface area (Å²) in [5.41, 5.74) is 13.7. The average molecular weight is 466 g/mol. The number of aryl methyl sites for hydroxylation is 2. The van der Waals surface area contributed by atoms with E-state index in [1.54, 1.807) is 0 Å². The molecule has 0 saturated heterocycles. The highest BCUT2D eigenvalue weighted by atomic mass is 14.8.